The number of amides is 1. The number of aldehydes is 1. The standard InChI is InChI=1S/C13H10N4O2/c1-14-13(19)9-6-8-4-2-3-5-11(8)17-12(9)10(7-18)15-16-17/h2-7H,1H3,(H,14,19). The number of hydrogen-bond donors (Lipinski definition) is 1. The first kappa shape index (κ1) is 11.3. The Bertz CT molecular complexity index is 807. The van der Waals surface area contributed by atoms with Gasteiger partial charge in [0.1, 0.15) is 5.52 Å². The Morgan fingerprint density at radius 2 is 2.16 bits per heavy atom. The second kappa shape index (κ2) is 4.16. The van der Waals surface area contributed by atoms with Gasteiger partial charge in [-0.25, -0.2) is 4.52 Å². The minimum Gasteiger partial charge on any atom is -0.355 e. The predicted molar refractivity (Wildman–Crippen MR) is 69.3 cm³/mol. The lowest BCUT2D eigenvalue weighted by atomic mass is 10.1. The first-order chi connectivity index (χ1) is 9.26. The van der Waals surface area contributed by atoms with E-state index in [9.17, 15) is 9.59 Å². The van der Waals surface area contributed by atoms with E-state index in [1.807, 2.05) is 24.3 Å². The Morgan fingerprint density at radius 1 is 1.37 bits per heavy atom. The van der Waals surface area contributed by atoms with Crippen LogP contribution in [0.2, 0.25) is 0 Å². The van der Waals surface area contributed by atoms with Gasteiger partial charge < -0.3 is 5.32 Å². The molecule has 0 atom stereocenters. The van der Waals surface area contributed by atoms with Crippen LogP contribution in [0.1, 0.15) is 20.8 Å². The van der Waals surface area contributed by atoms with Gasteiger partial charge in [-0.3, -0.25) is 9.59 Å². The number of benzene rings is 1. The number of rotatable bonds is 2. The average molecular weight is 254 g/mol. The van der Waals surface area contributed by atoms with Crippen molar-refractivity contribution in [3.8, 4) is 0 Å². The summed E-state index contributed by atoms with van der Waals surface area (Å²) in [6.45, 7) is 0. The second-order valence-corrected chi connectivity index (χ2v) is 4.05. The van der Waals surface area contributed by atoms with E-state index in [0.29, 0.717) is 17.4 Å². The van der Waals surface area contributed by atoms with Crippen molar-refractivity contribution in [2.45, 2.75) is 0 Å². The number of fused-ring (bicyclic) bond motifs is 3. The first-order valence-corrected chi connectivity index (χ1v) is 5.70. The molecule has 0 saturated carbocycles. The van der Waals surface area contributed by atoms with E-state index in [-0.39, 0.29) is 11.6 Å². The first-order valence-electron chi connectivity index (χ1n) is 5.70. The van der Waals surface area contributed by atoms with Crippen molar-refractivity contribution < 1.29 is 9.59 Å². The molecule has 94 valence electrons. The van der Waals surface area contributed by atoms with Crippen molar-refractivity contribution in [2.24, 2.45) is 0 Å². The lowest BCUT2D eigenvalue weighted by molar-refractivity contribution is 0.0964. The summed E-state index contributed by atoms with van der Waals surface area (Å²) in [5.41, 5.74) is 1.76. The summed E-state index contributed by atoms with van der Waals surface area (Å²) in [4.78, 5) is 23.0. The number of carbonyl (C=O) groups is 2. The van der Waals surface area contributed by atoms with Crippen molar-refractivity contribution in [3.05, 3.63) is 41.6 Å². The fourth-order valence-electron chi connectivity index (χ4n) is 2.13. The molecule has 0 fully saturated rings. The zero-order valence-corrected chi connectivity index (χ0v) is 10.1. The third kappa shape index (κ3) is 1.57. The van der Waals surface area contributed by atoms with Crippen LogP contribution in [-0.4, -0.2) is 34.1 Å². The maximum absolute atomic E-state index is 11.9. The Balaban J connectivity index is 2.53. The summed E-state index contributed by atoms with van der Waals surface area (Å²) in [5.74, 6) is -0.277. The van der Waals surface area contributed by atoms with Gasteiger partial charge in [-0.1, -0.05) is 23.4 Å². The molecule has 1 N–H and O–H groups in total. The van der Waals surface area contributed by atoms with E-state index in [1.165, 1.54) is 4.52 Å². The molecule has 0 bridgehead atoms. The molecule has 0 aliphatic carbocycles. The summed E-state index contributed by atoms with van der Waals surface area (Å²) in [7, 11) is 1.54. The van der Waals surface area contributed by atoms with E-state index < -0.39 is 0 Å². The van der Waals surface area contributed by atoms with Gasteiger partial charge in [0.05, 0.1) is 11.1 Å². The van der Waals surface area contributed by atoms with E-state index in [0.717, 1.165) is 10.9 Å². The number of pyridine rings is 1. The highest BCUT2D eigenvalue weighted by Crippen LogP contribution is 2.21. The number of nitrogens with one attached hydrogen (secondary N) is 1. The minimum atomic E-state index is -0.277. The number of para-hydroxylation sites is 1. The molecule has 6 heteroatoms. The lowest BCUT2D eigenvalue weighted by Crippen LogP contribution is -2.19. The smallest absolute Gasteiger partial charge is 0.253 e. The molecule has 0 spiro atoms. The molecule has 2 heterocycles. The van der Waals surface area contributed by atoms with Gasteiger partial charge >= 0.3 is 0 Å². The normalized spacial score (nSPS) is 10.8. The van der Waals surface area contributed by atoms with Gasteiger partial charge in [-0.2, -0.15) is 0 Å². The molecule has 3 rings (SSSR count). The third-order valence-electron chi connectivity index (χ3n) is 3.00. The molecule has 1 amide bonds. The highest BCUT2D eigenvalue weighted by molar-refractivity contribution is 6.07. The van der Waals surface area contributed by atoms with Crippen LogP contribution in [0.3, 0.4) is 0 Å². The van der Waals surface area contributed by atoms with Crippen molar-refractivity contribution >= 4 is 28.6 Å². The fourth-order valence-corrected chi connectivity index (χ4v) is 2.13. The van der Waals surface area contributed by atoms with Crippen LogP contribution < -0.4 is 5.32 Å². The molecular formula is C13H10N4O2. The number of aromatic nitrogens is 3. The zero-order valence-electron chi connectivity index (χ0n) is 10.1. The number of nitrogens with zero attached hydrogens (tertiary/aromatic N) is 3. The van der Waals surface area contributed by atoms with Crippen molar-refractivity contribution in [3.63, 3.8) is 0 Å². The fraction of sp³-hybridized carbons (Fsp3) is 0.0769. The van der Waals surface area contributed by atoms with Crippen LogP contribution in [-0.2, 0) is 0 Å². The summed E-state index contributed by atoms with van der Waals surface area (Å²) < 4.78 is 1.52. The Morgan fingerprint density at radius 3 is 2.89 bits per heavy atom. The van der Waals surface area contributed by atoms with Crippen LogP contribution in [0.4, 0.5) is 0 Å². The van der Waals surface area contributed by atoms with Crippen LogP contribution >= 0.6 is 0 Å². The quantitative estimate of drug-likeness (QED) is 0.693. The third-order valence-corrected chi connectivity index (χ3v) is 3.00. The Labute approximate surface area is 108 Å². The largest absolute Gasteiger partial charge is 0.355 e. The summed E-state index contributed by atoms with van der Waals surface area (Å²) >= 11 is 0. The maximum Gasteiger partial charge on any atom is 0.253 e. The molecule has 0 aliphatic rings. The predicted octanol–water partition coefficient (Wildman–Crippen LogP) is 1.05. The van der Waals surface area contributed by atoms with Crippen molar-refractivity contribution in [1.82, 2.24) is 20.1 Å². The van der Waals surface area contributed by atoms with Gasteiger partial charge in [-0.05, 0) is 12.1 Å². The average Bonchev–Trinajstić information content (AvgIpc) is 2.89. The van der Waals surface area contributed by atoms with E-state index >= 15 is 0 Å². The van der Waals surface area contributed by atoms with Gasteiger partial charge in [0.2, 0.25) is 0 Å². The van der Waals surface area contributed by atoms with E-state index in [1.54, 1.807) is 13.1 Å². The Kier molecular flexibility index (Phi) is 2.49. The Hall–Kier alpha value is -2.76. The highest BCUT2D eigenvalue weighted by Gasteiger charge is 2.17. The summed E-state index contributed by atoms with van der Waals surface area (Å²) in [6.07, 6.45) is 0.601. The molecular weight excluding hydrogens is 244 g/mol. The van der Waals surface area contributed by atoms with Crippen LogP contribution in [0.15, 0.2) is 30.3 Å². The van der Waals surface area contributed by atoms with Gasteiger partial charge in [0.15, 0.2) is 12.0 Å². The van der Waals surface area contributed by atoms with Gasteiger partial charge in [0, 0.05) is 12.4 Å². The number of carbonyl (C=O) groups excluding carboxylic acids is 2. The van der Waals surface area contributed by atoms with E-state index in [2.05, 4.69) is 15.6 Å². The second-order valence-electron chi connectivity index (χ2n) is 4.05. The lowest BCUT2D eigenvalue weighted by Gasteiger charge is -2.06. The zero-order chi connectivity index (χ0) is 13.4. The van der Waals surface area contributed by atoms with Gasteiger partial charge in [-0.15, -0.1) is 5.10 Å². The molecule has 0 saturated heterocycles. The summed E-state index contributed by atoms with van der Waals surface area (Å²) in [6, 6.07) is 9.21. The molecule has 6 nitrogen and oxygen atoms in total. The topological polar surface area (TPSA) is 76.4 Å². The van der Waals surface area contributed by atoms with Crippen LogP contribution in [0.5, 0.6) is 0 Å². The van der Waals surface area contributed by atoms with Gasteiger partial charge in [0.25, 0.3) is 5.91 Å². The number of hydrogen-bond acceptors (Lipinski definition) is 4. The van der Waals surface area contributed by atoms with E-state index in [4.69, 9.17) is 0 Å². The van der Waals surface area contributed by atoms with Crippen LogP contribution in [0.25, 0.3) is 16.4 Å². The van der Waals surface area contributed by atoms with Crippen LogP contribution in [0, 0.1) is 0 Å². The SMILES string of the molecule is CNC(=O)c1cc2ccccc2n2nnc(C=O)c12. The maximum atomic E-state index is 11.9. The van der Waals surface area contributed by atoms with Crippen molar-refractivity contribution in [1.29, 1.82) is 0 Å². The highest BCUT2D eigenvalue weighted by atomic mass is 16.1. The molecule has 19 heavy (non-hydrogen) atoms. The minimum absolute atomic E-state index is 0.157. The molecule has 2 aromatic heterocycles. The molecule has 0 unspecified atom stereocenters. The summed E-state index contributed by atoms with van der Waals surface area (Å²) in [5, 5.41) is 11.2. The molecule has 3 aromatic rings. The monoisotopic (exact) mass is 254 g/mol. The molecule has 0 aliphatic heterocycles. The van der Waals surface area contributed by atoms with Crippen molar-refractivity contribution in [2.75, 3.05) is 7.05 Å². The molecule has 0 radical (unpaired) electrons. The molecule has 1 aromatic carbocycles.